The van der Waals surface area contributed by atoms with Gasteiger partial charge in [0, 0.05) is 19.1 Å². The van der Waals surface area contributed by atoms with Crippen molar-refractivity contribution in [3.8, 4) is 0 Å². The number of nitrogens with zero attached hydrogens (tertiary/aromatic N) is 1. The predicted molar refractivity (Wildman–Crippen MR) is 73.9 cm³/mol. The van der Waals surface area contributed by atoms with Gasteiger partial charge in [0.25, 0.3) is 0 Å². The van der Waals surface area contributed by atoms with Crippen molar-refractivity contribution in [2.75, 3.05) is 24.5 Å². The fourth-order valence-electron chi connectivity index (χ4n) is 2.27. The lowest BCUT2D eigenvalue weighted by atomic mass is 10.1. The molecule has 98 valence electrons. The van der Waals surface area contributed by atoms with E-state index in [2.05, 4.69) is 30.5 Å². The molecule has 2 rings (SSSR count). The van der Waals surface area contributed by atoms with Crippen LogP contribution in [0.2, 0.25) is 0 Å². The number of para-hydroxylation sites is 1. The number of carbonyl (C=O) groups excluding carboxylic acids is 1. The van der Waals surface area contributed by atoms with Crippen LogP contribution >= 0.6 is 0 Å². The van der Waals surface area contributed by atoms with Crippen LogP contribution in [0.1, 0.15) is 31.9 Å². The molecule has 1 aliphatic heterocycles. The SMILES string of the molecule is CCCNC(C)c1ccccc1N1CCNC1=O. The van der Waals surface area contributed by atoms with E-state index in [1.54, 1.807) is 0 Å². The molecule has 1 saturated heterocycles. The topological polar surface area (TPSA) is 44.4 Å². The Morgan fingerprint density at radius 2 is 2.22 bits per heavy atom. The Kier molecular flexibility index (Phi) is 4.20. The summed E-state index contributed by atoms with van der Waals surface area (Å²) in [5.74, 6) is 0. The molecule has 4 heteroatoms. The van der Waals surface area contributed by atoms with Gasteiger partial charge in [-0.05, 0) is 31.5 Å². The third kappa shape index (κ3) is 2.64. The largest absolute Gasteiger partial charge is 0.336 e. The summed E-state index contributed by atoms with van der Waals surface area (Å²) in [6.45, 7) is 6.75. The van der Waals surface area contributed by atoms with Gasteiger partial charge in [0.1, 0.15) is 0 Å². The van der Waals surface area contributed by atoms with E-state index in [-0.39, 0.29) is 12.1 Å². The van der Waals surface area contributed by atoms with E-state index in [0.29, 0.717) is 0 Å². The van der Waals surface area contributed by atoms with Crippen LogP contribution in [-0.4, -0.2) is 25.7 Å². The molecule has 0 saturated carbocycles. The summed E-state index contributed by atoms with van der Waals surface area (Å²) in [4.78, 5) is 13.6. The zero-order chi connectivity index (χ0) is 13.0. The first-order valence-electron chi connectivity index (χ1n) is 6.61. The number of urea groups is 1. The van der Waals surface area contributed by atoms with Crippen molar-refractivity contribution >= 4 is 11.7 Å². The molecule has 1 atom stereocenters. The van der Waals surface area contributed by atoms with Gasteiger partial charge in [-0.1, -0.05) is 25.1 Å². The number of benzene rings is 1. The maximum absolute atomic E-state index is 11.8. The molecule has 18 heavy (non-hydrogen) atoms. The van der Waals surface area contributed by atoms with Crippen LogP contribution in [0.3, 0.4) is 0 Å². The lowest BCUT2D eigenvalue weighted by molar-refractivity contribution is 0.252. The van der Waals surface area contributed by atoms with Crippen molar-refractivity contribution in [3.05, 3.63) is 29.8 Å². The van der Waals surface area contributed by atoms with Crippen LogP contribution in [-0.2, 0) is 0 Å². The van der Waals surface area contributed by atoms with Gasteiger partial charge in [0.05, 0.1) is 5.69 Å². The Bertz CT molecular complexity index is 419. The number of rotatable bonds is 5. The highest BCUT2D eigenvalue weighted by atomic mass is 16.2. The highest BCUT2D eigenvalue weighted by molar-refractivity contribution is 5.94. The molecule has 0 bridgehead atoms. The molecule has 1 aromatic carbocycles. The van der Waals surface area contributed by atoms with Crippen molar-refractivity contribution in [3.63, 3.8) is 0 Å². The summed E-state index contributed by atoms with van der Waals surface area (Å²) >= 11 is 0. The zero-order valence-corrected chi connectivity index (χ0v) is 11.1. The fourth-order valence-corrected chi connectivity index (χ4v) is 2.27. The maximum Gasteiger partial charge on any atom is 0.322 e. The van der Waals surface area contributed by atoms with Crippen molar-refractivity contribution in [2.45, 2.75) is 26.3 Å². The Hall–Kier alpha value is -1.55. The molecule has 1 aliphatic rings. The number of anilines is 1. The van der Waals surface area contributed by atoms with E-state index >= 15 is 0 Å². The zero-order valence-electron chi connectivity index (χ0n) is 11.1. The van der Waals surface area contributed by atoms with Crippen molar-refractivity contribution < 1.29 is 4.79 Å². The minimum absolute atomic E-state index is 0.00476. The van der Waals surface area contributed by atoms with E-state index < -0.39 is 0 Å². The second-order valence-electron chi connectivity index (χ2n) is 4.62. The van der Waals surface area contributed by atoms with Gasteiger partial charge in [0.2, 0.25) is 0 Å². The number of hydrogen-bond donors (Lipinski definition) is 2. The molecular formula is C14H21N3O. The van der Waals surface area contributed by atoms with E-state index in [1.807, 2.05) is 23.1 Å². The van der Waals surface area contributed by atoms with Crippen LogP contribution in [0.25, 0.3) is 0 Å². The normalized spacial score (nSPS) is 16.8. The summed E-state index contributed by atoms with van der Waals surface area (Å²) in [7, 11) is 0. The first-order valence-corrected chi connectivity index (χ1v) is 6.61. The Morgan fingerprint density at radius 1 is 1.44 bits per heavy atom. The molecule has 4 nitrogen and oxygen atoms in total. The number of hydrogen-bond acceptors (Lipinski definition) is 2. The van der Waals surface area contributed by atoms with Gasteiger partial charge in [0.15, 0.2) is 0 Å². The average Bonchev–Trinajstić information content (AvgIpc) is 2.82. The summed E-state index contributed by atoms with van der Waals surface area (Å²) in [6, 6.07) is 8.38. The highest BCUT2D eigenvalue weighted by Gasteiger charge is 2.24. The van der Waals surface area contributed by atoms with Crippen LogP contribution in [0.5, 0.6) is 0 Å². The lowest BCUT2D eigenvalue weighted by Crippen LogP contribution is -2.30. The Morgan fingerprint density at radius 3 is 2.89 bits per heavy atom. The van der Waals surface area contributed by atoms with Gasteiger partial charge < -0.3 is 10.6 Å². The molecule has 1 heterocycles. The standard InChI is InChI=1S/C14H21N3O/c1-3-8-15-11(2)12-6-4-5-7-13(12)17-10-9-16-14(17)18/h4-7,11,15H,3,8-10H2,1-2H3,(H,16,18). The Labute approximate surface area is 108 Å². The molecule has 0 aromatic heterocycles. The molecule has 2 amide bonds. The predicted octanol–water partition coefficient (Wildman–Crippen LogP) is 2.28. The molecular weight excluding hydrogens is 226 g/mol. The summed E-state index contributed by atoms with van der Waals surface area (Å²) < 4.78 is 0. The third-order valence-corrected chi connectivity index (χ3v) is 3.25. The van der Waals surface area contributed by atoms with Gasteiger partial charge in [-0.15, -0.1) is 0 Å². The van der Waals surface area contributed by atoms with Crippen LogP contribution in [0.4, 0.5) is 10.5 Å². The minimum Gasteiger partial charge on any atom is -0.336 e. The molecule has 0 spiro atoms. The van der Waals surface area contributed by atoms with E-state index in [0.717, 1.165) is 31.7 Å². The minimum atomic E-state index is 0.00476. The summed E-state index contributed by atoms with van der Waals surface area (Å²) in [5, 5.41) is 6.31. The van der Waals surface area contributed by atoms with Crippen LogP contribution in [0.15, 0.2) is 24.3 Å². The first kappa shape index (κ1) is 12.9. The van der Waals surface area contributed by atoms with Crippen molar-refractivity contribution in [2.24, 2.45) is 0 Å². The molecule has 2 N–H and O–H groups in total. The highest BCUT2D eigenvalue weighted by Crippen LogP contribution is 2.27. The van der Waals surface area contributed by atoms with Crippen LogP contribution in [0, 0.1) is 0 Å². The fraction of sp³-hybridized carbons (Fsp3) is 0.500. The van der Waals surface area contributed by atoms with E-state index in [1.165, 1.54) is 5.56 Å². The number of amides is 2. The summed E-state index contributed by atoms with van der Waals surface area (Å²) in [5.41, 5.74) is 2.20. The van der Waals surface area contributed by atoms with Crippen molar-refractivity contribution in [1.29, 1.82) is 0 Å². The Balaban J connectivity index is 2.22. The van der Waals surface area contributed by atoms with Gasteiger partial charge >= 0.3 is 6.03 Å². The smallest absolute Gasteiger partial charge is 0.322 e. The number of nitrogens with one attached hydrogen (secondary N) is 2. The maximum atomic E-state index is 11.8. The average molecular weight is 247 g/mol. The monoisotopic (exact) mass is 247 g/mol. The summed E-state index contributed by atoms with van der Waals surface area (Å²) in [6.07, 6.45) is 1.11. The van der Waals surface area contributed by atoms with Gasteiger partial charge in [-0.25, -0.2) is 4.79 Å². The van der Waals surface area contributed by atoms with E-state index in [9.17, 15) is 4.79 Å². The molecule has 0 aliphatic carbocycles. The second-order valence-corrected chi connectivity index (χ2v) is 4.62. The van der Waals surface area contributed by atoms with E-state index in [4.69, 9.17) is 0 Å². The molecule has 1 fully saturated rings. The quantitative estimate of drug-likeness (QED) is 0.838. The third-order valence-electron chi connectivity index (χ3n) is 3.25. The lowest BCUT2D eigenvalue weighted by Gasteiger charge is -2.22. The molecule has 0 radical (unpaired) electrons. The molecule has 1 unspecified atom stereocenters. The van der Waals surface area contributed by atoms with Crippen molar-refractivity contribution in [1.82, 2.24) is 10.6 Å². The second kappa shape index (κ2) is 5.87. The molecule has 1 aromatic rings. The van der Waals surface area contributed by atoms with Crippen LogP contribution < -0.4 is 15.5 Å². The first-order chi connectivity index (χ1) is 8.74. The number of carbonyl (C=O) groups is 1. The van der Waals surface area contributed by atoms with Gasteiger partial charge in [-0.3, -0.25) is 4.90 Å². The van der Waals surface area contributed by atoms with Gasteiger partial charge in [-0.2, -0.15) is 0 Å².